The van der Waals surface area contributed by atoms with E-state index in [0.717, 1.165) is 35.0 Å². The van der Waals surface area contributed by atoms with Crippen molar-refractivity contribution in [2.75, 3.05) is 5.88 Å². The standard InChI is InChI=1S/C17H16Cl2N4OS/c18-5-6-23-9-10(8-20-23)7-12(19)15-21-16(24)14-11-3-1-2-4-13(11)25-17(14)22-15/h7-9H,1-6H2,(H,21,22,24)/b12-7+. The molecule has 0 saturated carbocycles. The molecule has 3 aromatic rings. The van der Waals surface area contributed by atoms with Crippen LogP contribution in [0.5, 0.6) is 0 Å². The number of fused-ring (bicyclic) bond motifs is 3. The van der Waals surface area contributed by atoms with E-state index in [1.165, 1.54) is 16.9 Å². The zero-order chi connectivity index (χ0) is 17.4. The Morgan fingerprint density at radius 3 is 3.08 bits per heavy atom. The number of rotatable bonds is 4. The van der Waals surface area contributed by atoms with Crippen LogP contribution < -0.4 is 5.56 Å². The summed E-state index contributed by atoms with van der Waals surface area (Å²) >= 11 is 13.7. The summed E-state index contributed by atoms with van der Waals surface area (Å²) in [6.45, 7) is 0.634. The van der Waals surface area contributed by atoms with Gasteiger partial charge in [-0.15, -0.1) is 22.9 Å². The third kappa shape index (κ3) is 3.26. The zero-order valence-electron chi connectivity index (χ0n) is 13.4. The molecule has 0 aromatic carbocycles. The van der Waals surface area contributed by atoms with E-state index in [9.17, 15) is 4.79 Å². The number of alkyl halides is 1. The third-order valence-corrected chi connectivity index (χ3v) is 5.95. The minimum Gasteiger partial charge on any atom is -0.305 e. The smallest absolute Gasteiger partial charge is 0.260 e. The van der Waals surface area contributed by atoms with E-state index in [1.807, 2.05) is 6.20 Å². The van der Waals surface area contributed by atoms with Crippen LogP contribution in [0, 0.1) is 0 Å². The lowest BCUT2D eigenvalue weighted by Crippen LogP contribution is -2.12. The van der Waals surface area contributed by atoms with Crippen LogP contribution in [0.25, 0.3) is 21.3 Å². The molecule has 8 heteroatoms. The predicted octanol–water partition coefficient (Wildman–Crippen LogP) is 4.04. The fraction of sp³-hybridized carbons (Fsp3) is 0.353. The molecule has 0 amide bonds. The lowest BCUT2D eigenvalue weighted by Gasteiger charge is -2.09. The van der Waals surface area contributed by atoms with E-state index in [4.69, 9.17) is 23.2 Å². The molecule has 4 rings (SSSR count). The predicted molar refractivity (Wildman–Crippen MR) is 104 cm³/mol. The number of hydrogen-bond donors (Lipinski definition) is 1. The summed E-state index contributed by atoms with van der Waals surface area (Å²) in [4.78, 5) is 22.1. The molecule has 5 nitrogen and oxygen atoms in total. The second-order valence-corrected chi connectivity index (χ2v) is 7.89. The van der Waals surface area contributed by atoms with Gasteiger partial charge in [0.1, 0.15) is 4.83 Å². The van der Waals surface area contributed by atoms with Crippen LogP contribution >= 0.6 is 34.5 Å². The average Bonchev–Trinajstić information content (AvgIpc) is 3.19. The van der Waals surface area contributed by atoms with Gasteiger partial charge in [0.15, 0.2) is 5.82 Å². The molecule has 0 unspecified atom stereocenters. The quantitative estimate of drug-likeness (QED) is 0.679. The number of aromatic amines is 1. The van der Waals surface area contributed by atoms with Crippen molar-refractivity contribution in [3.63, 3.8) is 0 Å². The number of nitrogens with one attached hydrogen (secondary N) is 1. The highest BCUT2D eigenvalue weighted by Crippen LogP contribution is 2.34. The van der Waals surface area contributed by atoms with Gasteiger partial charge in [-0.25, -0.2) is 4.98 Å². The fourth-order valence-electron chi connectivity index (χ4n) is 3.15. The largest absolute Gasteiger partial charge is 0.305 e. The highest BCUT2D eigenvalue weighted by Gasteiger charge is 2.20. The SMILES string of the molecule is O=c1[nH]c(/C(Cl)=C\c2cnn(CCCl)c2)nc2sc3c(c12)CCCC3. The molecule has 130 valence electrons. The molecule has 25 heavy (non-hydrogen) atoms. The fourth-order valence-corrected chi connectivity index (χ4v) is 4.81. The van der Waals surface area contributed by atoms with Crippen molar-refractivity contribution in [2.45, 2.75) is 32.2 Å². The highest BCUT2D eigenvalue weighted by molar-refractivity contribution is 7.18. The van der Waals surface area contributed by atoms with Crippen LogP contribution in [0.15, 0.2) is 17.2 Å². The van der Waals surface area contributed by atoms with Gasteiger partial charge in [0.2, 0.25) is 0 Å². The van der Waals surface area contributed by atoms with Crippen molar-refractivity contribution in [3.05, 3.63) is 44.6 Å². The summed E-state index contributed by atoms with van der Waals surface area (Å²) in [5.41, 5.74) is 1.90. The van der Waals surface area contributed by atoms with Gasteiger partial charge in [-0.2, -0.15) is 5.10 Å². The van der Waals surface area contributed by atoms with Gasteiger partial charge in [0, 0.05) is 22.5 Å². The van der Waals surface area contributed by atoms with Crippen molar-refractivity contribution in [3.8, 4) is 0 Å². The Labute approximate surface area is 158 Å². The van der Waals surface area contributed by atoms with E-state index in [0.29, 0.717) is 23.3 Å². The summed E-state index contributed by atoms with van der Waals surface area (Å²) < 4.78 is 1.75. The van der Waals surface area contributed by atoms with Crippen LogP contribution in [0.1, 0.15) is 34.7 Å². The molecule has 0 fully saturated rings. The molecule has 0 radical (unpaired) electrons. The summed E-state index contributed by atoms with van der Waals surface area (Å²) in [6.07, 6.45) is 9.61. The number of halogens is 2. The number of aryl methyl sites for hydroxylation is 3. The van der Waals surface area contributed by atoms with Gasteiger partial charge < -0.3 is 4.98 Å². The first-order valence-corrected chi connectivity index (χ1v) is 9.89. The monoisotopic (exact) mass is 394 g/mol. The molecular formula is C17H16Cl2N4OS. The minimum absolute atomic E-state index is 0.108. The molecular weight excluding hydrogens is 379 g/mol. The average molecular weight is 395 g/mol. The molecule has 0 atom stereocenters. The van der Waals surface area contributed by atoms with Gasteiger partial charge in [-0.05, 0) is 37.3 Å². The number of aromatic nitrogens is 4. The first kappa shape index (κ1) is 16.8. The summed E-state index contributed by atoms with van der Waals surface area (Å²) in [5.74, 6) is 0.885. The zero-order valence-corrected chi connectivity index (χ0v) is 15.7. The van der Waals surface area contributed by atoms with Crippen LogP contribution in [-0.2, 0) is 19.4 Å². The molecule has 3 aromatic heterocycles. The Kier molecular flexibility index (Phi) is 4.67. The Balaban J connectivity index is 1.73. The molecule has 0 saturated heterocycles. The van der Waals surface area contributed by atoms with Crippen molar-refractivity contribution in [1.29, 1.82) is 0 Å². The summed E-state index contributed by atoms with van der Waals surface area (Å²) in [5, 5.41) is 5.33. The van der Waals surface area contributed by atoms with Crippen LogP contribution in [-0.4, -0.2) is 25.6 Å². The Morgan fingerprint density at radius 2 is 2.24 bits per heavy atom. The van der Waals surface area contributed by atoms with Gasteiger partial charge in [-0.3, -0.25) is 9.48 Å². The van der Waals surface area contributed by atoms with Gasteiger partial charge in [0.25, 0.3) is 5.56 Å². The molecule has 0 aliphatic heterocycles. The van der Waals surface area contributed by atoms with Gasteiger partial charge >= 0.3 is 0 Å². The maximum Gasteiger partial charge on any atom is 0.260 e. The Hall–Kier alpha value is -1.63. The lowest BCUT2D eigenvalue weighted by molar-refractivity contribution is 0.664. The number of hydrogen-bond acceptors (Lipinski definition) is 4. The van der Waals surface area contributed by atoms with E-state index >= 15 is 0 Å². The van der Waals surface area contributed by atoms with Gasteiger partial charge in [0.05, 0.1) is 23.2 Å². The van der Waals surface area contributed by atoms with Crippen molar-refractivity contribution in [2.24, 2.45) is 0 Å². The molecule has 3 heterocycles. The molecule has 1 aliphatic carbocycles. The molecule has 1 aliphatic rings. The maximum atomic E-state index is 12.6. The van der Waals surface area contributed by atoms with E-state index in [-0.39, 0.29) is 5.56 Å². The first-order valence-electron chi connectivity index (χ1n) is 8.16. The van der Waals surface area contributed by atoms with Crippen LogP contribution in [0.3, 0.4) is 0 Å². The second kappa shape index (κ2) is 6.94. The molecule has 0 bridgehead atoms. The van der Waals surface area contributed by atoms with Crippen LogP contribution in [0.2, 0.25) is 0 Å². The summed E-state index contributed by atoms with van der Waals surface area (Å²) in [6, 6.07) is 0. The first-order chi connectivity index (χ1) is 12.2. The number of thiophene rings is 1. The third-order valence-electron chi connectivity index (χ3n) is 4.31. The Morgan fingerprint density at radius 1 is 1.40 bits per heavy atom. The molecule has 0 spiro atoms. The lowest BCUT2D eigenvalue weighted by atomic mass is 9.97. The van der Waals surface area contributed by atoms with Crippen LogP contribution in [0.4, 0.5) is 0 Å². The van der Waals surface area contributed by atoms with E-state index in [1.54, 1.807) is 28.3 Å². The second-order valence-electron chi connectivity index (χ2n) is 6.02. The van der Waals surface area contributed by atoms with Gasteiger partial charge in [-0.1, -0.05) is 11.6 Å². The number of nitrogens with zero attached hydrogens (tertiary/aromatic N) is 3. The van der Waals surface area contributed by atoms with E-state index in [2.05, 4.69) is 15.1 Å². The van der Waals surface area contributed by atoms with E-state index < -0.39 is 0 Å². The summed E-state index contributed by atoms with van der Waals surface area (Å²) in [7, 11) is 0. The topological polar surface area (TPSA) is 63.6 Å². The maximum absolute atomic E-state index is 12.6. The van der Waals surface area contributed by atoms with Crippen molar-refractivity contribution >= 4 is 55.9 Å². The highest BCUT2D eigenvalue weighted by atomic mass is 35.5. The molecule has 1 N–H and O–H groups in total. The minimum atomic E-state index is -0.108. The van der Waals surface area contributed by atoms with Crippen molar-refractivity contribution < 1.29 is 0 Å². The Bertz CT molecular complexity index is 1020. The number of H-pyrrole nitrogens is 1. The van der Waals surface area contributed by atoms with Crippen molar-refractivity contribution in [1.82, 2.24) is 19.7 Å². The normalized spacial score (nSPS) is 14.9.